The highest BCUT2D eigenvalue weighted by Crippen LogP contribution is 2.24. The average molecular weight is 312 g/mol. The van der Waals surface area contributed by atoms with Gasteiger partial charge in [-0.15, -0.1) is 0 Å². The zero-order valence-electron chi connectivity index (χ0n) is 14.6. The Morgan fingerprint density at radius 3 is 2.48 bits per heavy atom. The van der Waals surface area contributed by atoms with Crippen molar-refractivity contribution in [3.63, 3.8) is 0 Å². The van der Waals surface area contributed by atoms with E-state index in [0.29, 0.717) is 0 Å². The van der Waals surface area contributed by atoms with Crippen LogP contribution in [0.1, 0.15) is 37.0 Å². The Kier molecular flexibility index (Phi) is 5.91. The molecular weight excluding hydrogens is 284 g/mol. The van der Waals surface area contributed by atoms with Crippen molar-refractivity contribution in [2.24, 2.45) is 0 Å². The number of nitrogens with one attached hydrogen (secondary N) is 1. The molecule has 0 atom stereocenters. The number of hydrogen-bond donors (Lipinski definition) is 2. The third-order valence-corrected chi connectivity index (χ3v) is 3.92. The van der Waals surface area contributed by atoms with Crippen LogP contribution < -0.4 is 15.8 Å². The molecule has 0 heterocycles. The van der Waals surface area contributed by atoms with Crippen molar-refractivity contribution in [1.82, 2.24) is 0 Å². The minimum Gasteiger partial charge on any atom is -0.489 e. The summed E-state index contributed by atoms with van der Waals surface area (Å²) < 4.78 is 5.67. The molecule has 0 bridgehead atoms. The number of aryl methyl sites for hydroxylation is 3. The van der Waals surface area contributed by atoms with Crippen LogP contribution in [-0.4, -0.2) is 12.6 Å². The molecule has 23 heavy (non-hydrogen) atoms. The highest BCUT2D eigenvalue weighted by atomic mass is 16.5. The van der Waals surface area contributed by atoms with Gasteiger partial charge in [0.25, 0.3) is 0 Å². The average Bonchev–Trinajstić information content (AvgIpc) is 2.49. The Morgan fingerprint density at radius 1 is 1.04 bits per heavy atom. The SMILES string of the molecule is Cc1ccc(NCCCc2ccc(OC(C)C)c(N)c2)cc1C. The molecular formula is C20H28N2O. The van der Waals surface area contributed by atoms with Gasteiger partial charge in [-0.05, 0) is 81.5 Å². The van der Waals surface area contributed by atoms with Crippen LogP contribution >= 0.6 is 0 Å². The van der Waals surface area contributed by atoms with Crippen LogP contribution in [-0.2, 0) is 6.42 Å². The number of benzene rings is 2. The summed E-state index contributed by atoms with van der Waals surface area (Å²) in [6, 6.07) is 12.6. The topological polar surface area (TPSA) is 47.3 Å². The molecule has 0 spiro atoms. The molecule has 0 saturated heterocycles. The van der Waals surface area contributed by atoms with Crippen molar-refractivity contribution in [2.45, 2.75) is 46.6 Å². The van der Waals surface area contributed by atoms with Gasteiger partial charge in [0.1, 0.15) is 5.75 Å². The normalized spacial score (nSPS) is 10.8. The first-order chi connectivity index (χ1) is 11.0. The molecule has 0 aromatic heterocycles. The van der Waals surface area contributed by atoms with Crippen LogP contribution in [0.15, 0.2) is 36.4 Å². The Bertz CT molecular complexity index is 650. The first-order valence-electron chi connectivity index (χ1n) is 8.32. The van der Waals surface area contributed by atoms with Crippen molar-refractivity contribution in [3.05, 3.63) is 53.1 Å². The van der Waals surface area contributed by atoms with E-state index in [2.05, 4.69) is 43.4 Å². The number of hydrogen-bond acceptors (Lipinski definition) is 3. The predicted octanol–water partition coefficient (Wildman–Crippen LogP) is 4.72. The number of rotatable bonds is 7. The zero-order valence-corrected chi connectivity index (χ0v) is 14.6. The lowest BCUT2D eigenvalue weighted by Gasteiger charge is -2.13. The summed E-state index contributed by atoms with van der Waals surface area (Å²) in [5, 5.41) is 3.48. The Morgan fingerprint density at radius 2 is 1.83 bits per heavy atom. The van der Waals surface area contributed by atoms with Gasteiger partial charge in [0.2, 0.25) is 0 Å². The minimum atomic E-state index is 0.144. The molecule has 0 aliphatic carbocycles. The molecule has 0 fully saturated rings. The van der Waals surface area contributed by atoms with Gasteiger partial charge < -0.3 is 15.8 Å². The molecule has 3 nitrogen and oxygen atoms in total. The van der Waals surface area contributed by atoms with Gasteiger partial charge in [-0.3, -0.25) is 0 Å². The van der Waals surface area contributed by atoms with E-state index < -0.39 is 0 Å². The standard InChI is InChI=1S/C20H28N2O/c1-14(2)23-20-10-8-17(13-19(20)21)6-5-11-22-18-9-7-15(3)16(4)12-18/h7-10,12-14,22H,5-6,11,21H2,1-4H3. The van der Waals surface area contributed by atoms with Gasteiger partial charge in [-0.25, -0.2) is 0 Å². The molecule has 0 amide bonds. The predicted molar refractivity (Wildman–Crippen MR) is 99.3 cm³/mol. The van der Waals surface area contributed by atoms with Gasteiger partial charge in [0.05, 0.1) is 11.8 Å². The fourth-order valence-electron chi connectivity index (χ4n) is 2.49. The molecule has 124 valence electrons. The van der Waals surface area contributed by atoms with Gasteiger partial charge in [0, 0.05) is 12.2 Å². The lowest BCUT2D eigenvalue weighted by Crippen LogP contribution is -2.08. The lowest BCUT2D eigenvalue weighted by atomic mass is 10.1. The van der Waals surface area contributed by atoms with Gasteiger partial charge in [0.15, 0.2) is 0 Å². The summed E-state index contributed by atoms with van der Waals surface area (Å²) in [5.41, 5.74) is 11.9. The van der Waals surface area contributed by atoms with Crippen LogP contribution in [0.5, 0.6) is 5.75 Å². The van der Waals surface area contributed by atoms with E-state index in [1.807, 2.05) is 26.0 Å². The van der Waals surface area contributed by atoms with Crippen molar-refractivity contribution >= 4 is 11.4 Å². The molecule has 0 unspecified atom stereocenters. The summed E-state index contributed by atoms with van der Waals surface area (Å²) >= 11 is 0. The van der Waals surface area contributed by atoms with Crippen molar-refractivity contribution in [1.29, 1.82) is 0 Å². The summed E-state index contributed by atoms with van der Waals surface area (Å²) in [7, 11) is 0. The Balaban J connectivity index is 1.82. The third-order valence-electron chi connectivity index (χ3n) is 3.92. The number of anilines is 2. The van der Waals surface area contributed by atoms with Crippen molar-refractivity contribution < 1.29 is 4.74 Å². The second kappa shape index (κ2) is 7.91. The summed E-state index contributed by atoms with van der Waals surface area (Å²) in [5.74, 6) is 0.775. The maximum absolute atomic E-state index is 6.06. The van der Waals surface area contributed by atoms with Crippen LogP contribution in [0.3, 0.4) is 0 Å². The number of nitrogens with two attached hydrogens (primary N) is 1. The third kappa shape index (κ3) is 5.20. The maximum Gasteiger partial charge on any atom is 0.142 e. The smallest absolute Gasteiger partial charge is 0.142 e. The van der Waals surface area contributed by atoms with E-state index in [4.69, 9.17) is 10.5 Å². The first-order valence-corrected chi connectivity index (χ1v) is 8.32. The number of nitrogen functional groups attached to an aromatic ring is 1. The highest BCUT2D eigenvalue weighted by Gasteiger charge is 2.04. The molecule has 0 aliphatic rings. The molecule has 0 aliphatic heterocycles. The molecule has 0 radical (unpaired) electrons. The fourth-order valence-corrected chi connectivity index (χ4v) is 2.49. The van der Waals surface area contributed by atoms with E-state index >= 15 is 0 Å². The quantitative estimate of drug-likeness (QED) is 0.574. The van der Waals surface area contributed by atoms with E-state index in [1.54, 1.807) is 0 Å². The minimum absolute atomic E-state index is 0.144. The molecule has 2 aromatic carbocycles. The van der Waals surface area contributed by atoms with Crippen molar-refractivity contribution in [2.75, 3.05) is 17.6 Å². The summed E-state index contributed by atoms with van der Waals surface area (Å²) in [4.78, 5) is 0. The van der Waals surface area contributed by atoms with Gasteiger partial charge >= 0.3 is 0 Å². The Labute approximate surface area is 139 Å². The van der Waals surface area contributed by atoms with E-state index in [-0.39, 0.29) is 6.10 Å². The second-order valence-corrected chi connectivity index (χ2v) is 6.37. The van der Waals surface area contributed by atoms with E-state index in [1.165, 1.54) is 22.4 Å². The molecule has 3 N–H and O–H groups in total. The van der Waals surface area contributed by atoms with Crippen LogP contribution in [0, 0.1) is 13.8 Å². The van der Waals surface area contributed by atoms with Crippen molar-refractivity contribution in [3.8, 4) is 5.75 Å². The number of ether oxygens (including phenoxy) is 1. The molecule has 0 saturated carbocycles. The van der Waals surface area contributed by atoms with E-state index in [9.17, 15) is 0 Å². The monoisotopic (exact) mass is 312 g/mol. The zero-order chi connectivity index (χ0) is 16.8. The highest BCUT2D eigenvalue weighted by molar-refractivity contribution is 5.54. The fraction of sp³-hybridized carbons (Fsp3) is 0.400. The largest absolute Gasteiger partial charge is 0.489 e. The summed E-state index contributed by atoms with van der Waals surface area (Å²) in [6.45, 7) is 9.24. The molecule has 2 rings (SSSR count). The second-order valence-electron chi connectivity index (χ2n) is 6.37. The van der Waals surface area contributed by atoms with Crippen LogP contribution in [0.2, 0.25) is 0 Å². The first kappa shape index (κ1) is 17.2. The van der Waals surface area contributed by atoms with Gasteiger partial charge in [-0.2, -0.15) is 0 Å². The Hall–Kier alpha value is -2.16. The lowest BCUT2D eigenvalue weighted by molar-refractivity contribution is 0.244. The van der Waals surface area contributed by atoms with Crippen LogP contribution in [0.4, 0.5) is 11.4 Å². The maximum atomic E-state index is 6.06. The van der Waals surface area contributed by atoms with Gasteiger partial charge in [-0.1, -0.05) is 12.1 Å². The van der Waals surface area contributed by atoms with Crippen LogP contribution in [0.25, 0.3) is 0 Å². The molecule has 2 aromatic rings. The van der Waals surface area contributed by atoms with E-state index in [0.717, 1.165) is 30.8 Å². The summed E-state index contributed by atoms with van der Waals surface area (Å²) in [6.07, 6.45) is 2.21. The molecule has 3 heteroatoms.